The molecule has 0 aliphatic heterocycles. The first-order valence-electron chi connectivity index (χ1n) is 11.4. The molecule has 0 fully saturated rings. The summed E-state index contributed by atoms with van der Waals surface area (Å²) in [5, 5.41) is 11.7. The molecule has 0 radical (unpaired) electrons. The van der Waals surface area contributed by atoms with E-state index < -0.39 is 5.91 Å². The van der Waals surface area contributed by atoms with Crippen molar-refractivity contribution in [2.45, 2.75) is 39.7 Å². The predicted octanol–water partition coefficient (Wildman–Crippen LogP) is 4.60. The molecule has 0 saturated heterocycles. The molecule has 2 N–H and O–H groups in total. The van der Waals surface area contributed by atoms with E-state index in [1.54, 1.807) is 10.9 Å². The van der Waals surface area contributed by atoms with Crippen molar-refractivity contribution in [1.82, 2.24) is 40.2 Å². The molecule has 184 valence electrons. The summed E-state index contributed by atoms with van der Waals surface area (Å²) in [6, 6.07) is 7.58. The number of fused-ring (bicyclic) bond motifs is 1. The fraction of sp³-hybridized carbons (Fsp3) is 0.280. The zero-order valence-electron chi connectivity index (χ0n) is 20.5. The van der Waals surface area contributed by atoms with Crippen LogP contribution in [0.15, 0.2) is 41.2 Å². The van der Waals surface area contributed by atoms with Gasteiger partial charge >= 0.3 is 11.8 Å². The van der Waals surface area contributed by atoms with Gasteiger partial charge in [-0.2, -0.15) is 10.1 Å². The van der Waals surface area contributed by atoms with Crippen molar-refractivity contribution < 1.29 is 9.32 Å². The third kappa shape index (κ3) is 4.47. The van der Waals surface area contributed by atoms with Gasteiger partial charge in [0.1, 0.15) is 5.69 Å². The summed E-state index contributed by atoms with van der Waals surface area (Å²) in [5.41, 5.74) is 5.42. The second-order valence-electron chi connectivity index (χ2n) is 9.64. The molecule has 36 heavy (non-hydrogen) atoms. The van der Waals surface area contributed by atoms with Crippen LogP contribution in [-0.2, 0) is 19.0 Å². The minimum Gasteiger partial charge on any atom is -0.344 e. The zero-order valence-corrected chi connectivity index (χ0v) is 21.3. The Balaban J connectivity index is 1.37. The molecule has 4 heterocycles. The number of carbonyl (C=O) groups excluding carboxylic acids is 1. The summed E-state index contributed by atoms with van der Waals surface area (Å²) in [6.07, 6.45) is 3.65. The summed E-state index contributed by atoms with van der Waals surface area (Å²) in [4.78, 5) is 29.1. The monoisotopic (exact) mass is 504 g/mol. The predicted molar refractivity (Wildman–Crippen MR) is 135 cm³/mol. The Morgan fingerprint density at radius 2 is 2.03 bits per heavy atom. The molecule has 1 amide bonds. The number of H-pyrrole nitrogens is 1. The van der Waals surface area contributed by atoms with Gasteiger partial charge in [-0.25, -0.2) is 9.97 Å². The van der Waals surface area contributed by atoms with Gasteiger partial charge in [-0.15, -0.1) is 0 Å². The first-order chi connectivity index (χ1) is 17.1. The number of aryl methyl sites for hydroxylation is 2. The average molecular weight is 505 g/mol. The number of carbonyl (C=O) groups is 1. The summed E-state index contributed by atoms with van der Waals surface area (Å²) >= 11 is 6.59. The quantitative estimate of drug-likeness (QED) is 0.358. The number of hydrogen-bond donors (Lipinski definition) is 2. The second-order valence-corrected chi connectivity index (χ2v) is 10.0. The van der Waals surface area contributed by atoms with Crippen molar-refractivity contribution in [3.8, 4) is 22.6 Å². The molecule has 4 aromatic heterocycles. The van der Waals surface area contributed by atoms with E-state index in [1.807, 2.05) is 65.2 Å². The van der Waals surface area contributed by atoms with Gasteiger partial charge in [-0.3, -0.25) is 9.48 Å². The Morgan fingerprint density at radius 1 is 1.22 bits per heavy atom. The molecule has 10 nitrogen and oxygen atoms in total. The van der Waals surface area contributed by atoms with E-state index in [-0.39, 0.29) is 17.9 Å². The largest absolute Gasteiger partial charge is 0.344 e. The lowest BCUT2D eigenvalue weighted by atomic mass is 9.96. The highest BCUT2D eigenvalue weighted by Crippen LogP contribution is 2.31. The Labute approximate surface area is 212 Å². The van der Waals surface area contributed by atoms with Crippen LogP contribution < -0.4 is 5.32 Å². The first kappa shape index (κ1) is 23.7. The molecule has 5 rings (SSSR count). The molecule has 11 heteroatoms. The van der Waals surface area contributed by atoms with Crippen LogP contribution in [0, 0.1) is 6.92 Å². The molecule has 0 spiro atoms. The van der Waals surface area contributed by atoms with Gasteiger partial charge in [0.2, 0.25) is 0 Å². The Hall–Kier alpha value is -4.05. The Kier molecular flexibility index (Phi) is 5.83. The van der Waals surface area contributed by atoms with E-state index in [9.17, 15) is 4.79 Å². The van der Waals surface area contributed by atoms with Gasteiger partial charge in [-0.05, 0) is 35.7 Å². The van der Waals surface area contributed by atoms with Crippen LogP contribution in [0.2, 0.25) is 5.02 Å². The third-order valence-electron chi connectivity index (χ3n) is 5.72. The molecular weight excluding hydrogens is 480 g/mol. The smallest absolute Gasteiger partial charge is 0.315 e. The summed E-state index contributed by atoms with van der Waals surface area (Å²) in [7, 11) is 1.87. The maximum absolute atomic E-state index is 12.5. The number of nitrogens with zero attached hydrogens (tertiary/aromatic N) is 6. The van der Waals surface area contributed by atoms with Crippen LogP contribution >= 0.6 is 11.6 Å². The van der Waals surface area contributed by atoms with Gasteiger partial charge in [0.25, 0.3) is 0 Å². The highest BCUT2D eigenvalue weighted by Gasteiger charge is 2.24. The van der Waals surface area contributed by atoms with Crippen molar-refractivity contribution >= 4 is 28.7 Å². The lowest BCUT2D eigenvalue weighted by molar-refractivity contribution is 0.0907. The summed E-state index contributed by atoms with van der Waals surface area (Å²) in [5.74, 6) is 0.594. The molecule has 5 aromatic rings. The van der Waals surface area contributed by atoms with Crippen LogP contribution in [0.1, 0.15) is 48.4 Å². The van der Waals surface area contributed by atoms with Crippen molar-refractivity contribution in [3.05, 3.63) is 64.5 Å². The van der Waals surface area contributed by atoms with Gasteiger partial charge in [0.15, 0.2) is 17.3 Å². The van der Waals surface area contributed by atoms with Crippen LogP contribution in [0.5, 0.6) is 0 Å². The lowest BCUT2D eigenvalue weighted by Crippen LogP contribution is -2.23. The average Bonchev–Trinajstić information content (AvgIpc) is 3.55. The fourth-order valence-electron chi connectivity index (χ4n) is 3.83. The second kappa shape index (κ2) is 8.87. The number of nitrogens with one attached hydrogen (secondary N) is 2. The zero-order chi connectivity index (χ0) is 25.6. The van der Waals surface area contributed by atoms with Gasteiger partial charge in [0.05, 0.1) is 5.52 Å². The number of aromatic nitrogens is 7. The van der Waals surface area contributed by atoms with Crippen LogP contribution in [-0.4, -0.2) is 40.8 Å². The molecule has 0 atom stereocenters. The number of benzene rings is 1. The number of rotatable bonds is 5. The van der Waals surface area contributed by atoms with Crippen molar-refractivity contribution in [1.29, 1.82) is 0 Å². The highest BCUT2D eigenvalue weighted by molar-refractivity contribution is 6.31. The first-order valence-corrected chi connectivity index (χ1v) is 11.7. The number of halogens is 1. The number of aromatic amines is 1. The standard InChI is InChI=1S/C25H25ClN8O2/c1-13-12-34(5)32-18(13)21-29-19-16(8-9-27-20(19)30-21)14-6-7-15(17(26)10-14)11-28-22(35)23-31-24(33-36-23)25(2,3)4/h6-10,12H,11H2,1-5H3,(H,28,35)(H,27,29,30). The van der Waals surface area contributed by atoms with E-state index in [4.69, 9.17) is 16.1 Å². The van der Waals surface area contributed by atoms with Crippen LogP contribution in [0.25, 0.3) is 33.8 Å². The molecule has 1 aromatic carbocycles. The van der Waals surface area contributed by atoms with Crippen LogP contribution in [0.4, 0.5) is 0 Å². The summed E-state index contributed by atoms with van der Waals surface area (Å²) in [6.45, 7) is 8.04. The molecule has 0 bridgehead atoms. The normalized spacial score (nSPS) is 11.8. The Morgan fingerprint density at radius 3 is 2.69 bits per heavy atom. The third-order valence-corrected chi connectivity index (χ3v) is 6.07. The minimum atomic E-state index is -0.455. The Bertz CT molecular complexity index is 1590. The number of amides is 1. The maximum atomic E-state index is 12.5. The minimum absolute atomic E-state index is 0.0787. The van der Waals surface area contributed by atoms with Gasteiger partial charge in [-0.1, -0.05) is 49.7 Å². The molecule has 0 unspecified atom stereocenters. The van der Waals surface area contributed by atoms with E-state index >= 15 is 0 Å². The van der Waals surface area contributed by atoms with Crippen LogP contribution in [0.3, 0.4) is 0 Å². The van der Waals surface area contributed by atoms with E-state index in [0.29, 0.717) is 22.3 Å². The molecule has 0 aliphatic rings. The summed E-state index contributed by atoms with van der Waals surface area (Å²) < 4.78 is 6.86. The van der Waals surface area contributed by atoms with Crippen molar-refractivity contribution in [2.75, 3.05) is 0 Å². The van der Waals surface area contributed by atoms with Crippen molar-refractivity contribution in [2.24, 2.45) is 7.05 Å². The van der Waals surface area contributed by atoms with E-state index in [0.717, 1.165) is 33.5 Å². The molecule has 0 aliphatic carbocycles. The fourth-order valence-corrected chi connectivity index (χ4v) is 4.08. The number of hydrogen-bond acceptors (Lipinski definition) is 7. The van der Waals surface area contributed by atoms with Crippen molar-refractivity contribution in [3.63, 3.8) is 0 Å². The molecule has 0 saturated carbocycles. The number of imidazole rings is 1. The van der Waals surface area contributed by atoms with Gasteiger partial charge < -0.3 is 14.8 Å². The number of pyridine rings is 1. The lowest BCUT2D eigenvalue weighted by Gasteiger charge is -2.11. The SMILES string of the molecule is Cc1cn(C)nc1-c1nc2nccc(-c3ccc(CNC(=O)c4nc(C(C)(C)C)no4)c(Cl)c3)c2[nH]1. The maximum Gasteiger partial charge on any atom is 0.315 e. The van der Waals surface area contributed by atoms with Gasteiger partial charge in [0, 0.05) is 42.0 Å². The topological polar surface area (TPSA) is 127 Å². The van der Waals surface area contributed by atoms with E-state index in [2.05, 4.69) is 35.5 Å². The molecular formula is C25H25ClN8O2. The van der Waals surface area contributed by atoms with E-state index in [1.165, 1.54) is 0 Å². The highest BCUT2D eigenvalue weighted by atomic mass is 35.5.